The summed E-state index contributed by atoms with van der Waals surface area (Å²) in [5.74, 6) is -0.466. The number of non-ortho nitro benzene ring substituents is 1. The molecule has 1 saturated heterocycles. The summed E-state index contributed by atoms with van der Waals surface area (Å²) in [5.41, 5.74) is 1.28. The van der Waals surface area contributed by atoms with Crippen LogP contribution in [0.15, 0.2) is 48.5 Å². The summed E-state index contributed by atoms with van der Waals surface area (Å²) in [7, 11) is 0. The summed E-state index contributed by atoms with van der Waals surface area (Å²) in [6.07, 6.45) is 1.70. The Bertz CT molecular complexity index is 729. The van der Waals surface area contributed by atoms with Gasteiger partial charge in [-0.25, -0.2) is 4.39 Å². The standard InChI is InChI=1S/C17H15FN2O3/c18-14-7-3-12(4-8-14)16-2-1-11-19(16)17(21)13-5-9-15(10-6-13)20(22)23/h3-10,16H,1-2,11H2/t16-/m0/s1. The molecule has 2 aromatic rings. The van der Waals surface area contributed by atoms with Crippen LogP contribution in [0.3, 0.4) is 0 Å². The van der Waals surface area contributed by atoms with E-state index in [2.05, 4.69) is 0 Å². The lowest BCUT2D eigenvalue weighted by Gasteiger charge is -2.25. The first-order valence-electron chi connectivity index (χ1n) is 7.37. The second-order valence-corrected chi connectivity index (χ2v) is 5.51. The van der Waals surface area contributed by atoms with E-state index in [9.17, 15) is 19.3 Å². The predicted molar refractivity (Wildman–Crippen MR) is 82.5 cm³/mol. The Hall–Kier alpha value is -2.76. The molecule has 0 aliphatic carbocycles. The molecular formula is C17H15FN2O3. The summed E-state index contributed by atoms with van der Waals surface area (Å²) >= 11 is 0. The number of likely N-dealkylation sites (tertiary alicyclic amines) is 1. The van der Waals surface area contributed by atoms with Crippen LogP contribution in [0, 0.1) is 15.9 Å². The van der Waals surface area contributed by atoms with Crippen LogP contribution in [0.1, 0.15) is 34.8 Å². The zero-order valence-corrected chi connectivity index (χ0v) is 12.3. The largest absolute Gasteiger partial charge is 0.332 e. The SMILES string of the molecule is O=C(c1ccc([N+](=O)[O-])cc1)N1CCC[C@H]1c1ccc(F)cc1. The van der Waals surface area contributed by atoms with E-state index in [1.165, 1.54) is 36.4 Å². The molecule has 3 rings (SSSR count). The second kappa shape index (κ2) is 6.16. The molecule has 0 saturated carbocycles. The normalized spacial score (nSPS) is 17.3. The summed E-state index contributed by atoms with van der Waals surface area (Å²) in [5, 5.41) is 10.7. The zero-order valence-electron chi connectivity index (χ0n) is 12.3. The summed E-state index contributed by atoms with van der Waals surface area (Å²) in [6.45, 7) is 0.623. The first kappa shape index (κ1) is 15.1. The quantitative estimate of drug-likeness (QED) is 0.641. The van der Waals surface area contributed by atoms with Gasteiger partial charge in [0.25, 0.3) is 11.6 Å². The van der Waals surface area contributed by atoms with Gasteiger partial charge < -0.3 is 4.90 Å². The third kappa shape index (κ3) is 3.06. The van der Waals surface area contributed by atoms with Crippen molar-refractivity contribution in [3.05, 3.63) is 75.6 Å². The van der Waals surface area contributed by atoms with E-state index in [4.69, 9.17) is 0 Å². The number of nitro benzene ring substituents is 1. The smallest absolute Gasteiger partial charge is 0.269 e. The van der Waals surface area contributed by atoms with Crippen LogP contribution in [0.5, 0.6) is 0 Å². The van der Waals surface area contributed by atoms with Crippen LogP contribution < -0.4 is 0 Å². The van der Waals surface area contributed by atoms with Crippen LogP contribution in [0.2, 0.25) is 0 Å². The zero-order chi connectivity index (χ0) is 16.4. The lowest BCUT2D eigenvalue weighted by atomic mass is 10.0. The first-order chi connectivity index (χ1) is 11.1. The van der Waals surface area contributed by atoms with Crippen molar-refractivity contribution in [2.75, 3.05) is 6.54 Å². The molecule has 1 fully saturated rings. The molecule has 1 amide bonds. The Morgan fingerprint density at radius 3 is 2.39 bits per heavy atom. The van der Waals surface area contributed by atoms with Crippen LogP contribution in [-0.4, -0.2) is 22.3 Å². The Morgan fingerprint density at radius 1 is 1.13 bits per heavy atom. The molecule has 0 unspecified atom stereocenters. The van der Waals surface area contributed by atoms with Gasteiger partial charge in [-0.05, 0) is 42.7 Å². The average Bonchev–Trinajstić information content (AvgIpc) is 3.04. The highest BCUT2D eigenvalue weighted by Crippen LogP contribution is 2.33. The van der Waals surface area contributed by atoms with Gasteiger partial charge in [-0.2, -0.15) is 0 Å². The van der Waals surface area contributed by atoms with Crippen LogP contribution in [0.25, 0.3) is 0 Å². The van der Waals surface area contributed by atoms with Crippen molar-refractivity contribution in [2.24, 2.45) is 0 Å². The maximum Gasteiger partial charge on any atom is 0.269 e. The molecule has 0 N–H and O–H groups in total. The van der Waals surface area contributed by atoms with Crippen molar-refractivity contribution in [3.63, 3.8) is 0 Å². The third-order valence-corrected chi connectivity index (χ3v) is 4.09. The molecule has 6 heteroatoms. The highest BCUT2D eigenvalue weighted by atomic mass is 19.1. The topological polar surface area (TPSA) is 63.4 Å². The number of carbonyl (C=O) groups excluding carboxylic acids is 1. The molecule has 1 heterocycles. The molecule has 5 nitrogen and oxygen atoms in total. The Labute approximate surface area is 132 Å². The summed E-state index contributed by atoms with van der Waals surface area (Å²) in [4.78, 5) is 24.6. The van der Waals surface area contributed by atoms with E-state index in [0.29, 0.717) is 12.1 Å². The van der Waals surface area contributed by atoms with Crippen molar-refractivity contribution in [1.82, 2.24) is 4.90 Å². The molecule has 1 aliphatic rings. The number of rotatable bonds is 3. The highest BCUT2D eigenvalue weighted by Gasteiger charge is 2.30. The van der Waals surface area contributed by atoms with Gasteiger partial charge in [-0.3, -0.25) is 14.9 Å². The van der Waals surface area contributed by atoms with Crippen molar-refractivity contribution >= 4 is 11.6 Å². The fourth-order valence-corrected chi connectivity index (χ4v) is 2.93. The third-order valence-electron chi connectivity index (χ3n) is 4.09. The minimum absolute atomic E-state index is 0.0435. The fraction of sp³-hybridized carbons (Fsp3) is 0.235. The van der Waals surface area contributed by atoms with Gasteiger partial charge in [0, 0.05) is 24.2 Å². The minimum Gasteiger partial charge on any atom is -0.332 e. The molecule has 0 spiro atoms. The maximum atomic E-state index is 13.1. The predicted octanol–water partition coefficient (Wildman–Crippen LogP) is 3.71. The number of halogens is 1. The lowest BCUT2D eigenvalue weighted by molar-refractivity contribution is -0.384. The van der Waals surface area contributed by atoms with E-state index in [1.807, 2.05) is 0 Å². The monoisotopic (exact) mass is 314 g/mol. The molecule has 1 atom stereocenters. The van der Waals surface area contributed by atoms with Gasteiger partial charge in [0.2, 0.25) is 0 Å². The van der Waals surface area contributed by atoms with Gasteiger partial charge in [0.05, 0.1) is 11.0 Å². The number of benzene rings is 2. The lowest BCUT2D eigenvalue weighted by Crippen LogP contribution is -2.30. The van der Waals surface area contributed by atoms with Crippen molar-refractivity contribution in [1.29, 1.82) is 0 Å². The van der Waals surface area contributed by atoms with Crippen molar-refractivity contribution in [2.45, 2.75) is 18.9 Å². The molecule has 23 heavy (non-hydrogen) atoms. The Kier molecular flexibility index (Phi) is 4.06. The van der Waals surface area contributed by atoms with Gasteiger partial charge in [-0.15, -0.1) is 0 Å². The summed E-state index contributed by atoms with van der Waals surface area (Å²) < 4.78 is 13.1. The highest BCUT2D eigenvalue weighted by molar-refractivity contribution is 5.94. The molecule has 0 bridgehead atoms. The molecule has 0 radical (unpaired) electrons. The van der Waals surface area contributed by atoms with Crippen molar-refractivity contribution in [3.8, 4) is 0 Å². The number of nitrogens with zero attached hydrogens (tertiary/aromatic N) is 2. The van der Waals surface area contributed by atoms with Crippen molar-refractivity contribution < 1.29 is 14.1 Å². The molecule has 0 aromatic heterocycles. The molecule has 1 aliphatic heterocycles. The Morgan fingerprint density at radius 2 is 1.78 bits per heavy atom. The van der Waals surface area contributed by atoms with E-state index in [1.54, 1.807) is 17.0 Å². The Balaban J connectivity index is 1.82. The molecular weight excluding hydrogens is 299 g/mol. The van der Waals surface area contributed by atoms with Gasteiger partial charge in [0.1, 0.15) is 5.82 Å². The van der Waals surface area contributed by atoms with Crippen LogP contribution in [0.4, 0.5) is 10.1 Å². The van der Waals surface area contributed by atoms with E-state index in [0.717, 1.165) is 18.4 Å². The fourth-order valence-electron chi connectivity index (χ4n) is 2.93. The van der Waals surface area contributed by atoms with E-state index in [-0.39, 0.29) is 23.5 Å². The van der Waals surface area contributed by atoms with E-state index < -0.39 is 4.92 Å². The maximum absolute atomic E-state index is 13.1. The number of amides is 1. The number of hydrogen-bond donors (Lipinski definition) is 0. The van der Waals surface area contributed by atoms with Gasteiger partial charge in [-0.1, -0.05) is 12.1 Å². The van der Waals surface area contributed by atoms with Crippen LogP contribution >= 0.6 is 0 Å². The molecule has 118 valence electrons. The van der Waals surface area contributed by atoms with Crippen LogP contribution in [-0.2, 0) is 0 Å². The average molecular weight is 314 g/mol. The second-order valence-electron chi connectivity index (χ2n) is 5.51. The molecule has 2 aromatic carbocycles. The number of carbonyl (C=O) groups is 1. The van der Waals surface area contributed by atoms with Gasteiger partial charge in [0.15, 0.2) is 0 Å². The summed E-state index contributed by atoms with van der Waals surface area (Å²) in [6, 6.07) is 11.7. The van der Waals surface area contributed by atoms with E-state index >= 15 is 0 Å². The minimum atomic E-state index is -0.495. The number of hydrogen-bond acceptors (Lipinski definition) is 3. The number of nitro groups is 1. The first-order valence-corrected chi connectivity index (χ1v) is 7.37. The van der Waals surface area contributed by atoms with Gasteiger partial charge >= 0.3 is 0 Å².